The van der Waals surface area contributed by atoms with E-state index in [0.29, 0.717) is 0 Å². The topological polar surface area (TPSA) is 61.8 Å². The first-order chi connectivity index (χ1) is 8.68. The first-order valence-corrected chi connectivity index (χ1v) is 7.65. The summed E-state index contributed by atoms with van der Waals surface area (Å²) in [5.41, 5.74) is 0. The highest BCUT2D eigenvalue weighted by Crippen LogP contribution is 2.50. The number of carbonyl (C=O) groups excluding carboxylic acids is 1. The van der Waals surface area contributed by atoms with Crippen LogP contribution in [0.1, 0.15) is 13.8 Å². The molecule has 0 N–H and O–H groups in total. The van der Waals surface area contributed by atoms with Gasteiger partial charge in [0.05, 0.1) is 19.4 Å². The van der Waals surface area contributed by atoms with Crippen LogP contribution in [0.5, 0.6) is 0 Å². The van der Waals surface area contributed by atoms with E-state index in [1.165, 1.54) is 13.8 Å². The maximum absolute atomic E-state index is 12.7. The second-order valence-corrected chi connectivity index (χ2v) is 5.65. The Hall–Kier alpha value is -0.300. The second-order valence-electron chi connectivity index (χ2n) is 3.28. The lowest BCUT2D eigenvalue weighted by molar-refractivity contribution is -0.214. The van der Waals surface area contributed by atoms with Crippen LogP contribution in [0.3, 0.4) is 0 Å². The van der Waals surface area contributed by atoms with E-state index in [4.69, 9.17) is 20.6 Å². The van der Waals surface area contributed by atoms with Gasteiger partial charge in [0.15, 0.2) is 0 Å². The molecule has 0 heterocycles. The number of halogens is 4. The second kappa shape index (κ2) is 8.09. The molecule has 0 radical (unpaired) electrons. The molecule has 0 fully saturated rings. The van der Waals surface area contributed by atoms with Crippen molar-refractivity contribution in [2.75, 3.05) is 25.3 Å². The van der Waals surface area contributed by atoms with Crippen molar-refractivity contribution in [3.05, 3.63) is 0 Å². The Morgan fingerprint density at radius 3 is 2.05 bits per heavy atom. The van der Waals surface area contributed by atoms with Crippen LogP contribution in [-0.4, -0.2) is 43.5 Å². The van der Waals surface area contributed by atoms with Crippen LogP contribution in [0, 0.1) is 0 Å². The van der Waals surface area contributed by atoms with Gasteiger partial charge in [-0.05, 0) is 13.8 Å². The third-order valence-electron chi connectivity index (χ3n) is 1.79. The highest BCUT2D eigenvalue weighted by molar-refractivity contribution is 7.53. The Labute approximate surface area is 113 Å². The average molecular weight is 327 g/mol. The van der Waals surface area contributed by atoms with Crippen LogP contribution >= 0.6 is 19.2 Å². The van der Waals surface area contributed by atoms with E-state index in [2.05, 4.69) is 4.74 Å². The number of rotatable bonds is 8. The van der Waals surface area contributed by atoms with Gasteiger partial charge in [-0.15, -0.1) is 11.6 Å². The number of carbonyl (C=O) groups is 1. The van der Waals surface area contributed by atoms with Crippen LogP contribution in [0.2, 0.25) is 0 Å². The zero-order valence-electron chi connectivity index (χ0n) is 10.4. The standard InChI is InChI=1S/C9H15ClF3O5P/c1-3-16-19(15,17-4-2)6-7(9(11,12)13)18-8(14)5-10/h7H,3-6H2,1-2H3. The number of esters is 1. The van der Waals surface area contributed by atoms with Crippen molar-refractivity contribution in [2.45, 2.75) is 26.1 Å². The molecule has 114 valence electrons. The number of hydrogen-bond acceptors (Lipinski definition) is 5. The van der Waals surface area contributed by atoms with Crippen molar-refractivity contribution >= 4 is 25.2 Å². The summed E-state index contributed by atoms with van der Waals surface area (Å²) in [6.45, 7) is 2.73. The SMILES string of the molecule is CCOP(=O)(CC(OC(=O)CCl)C(F)(F)F)OCC. The largest absolute Gasteiger partial charge is 0.451 e. The lowest BCUT2D eigenvalue weighted by atomic mass is 10.4. The van der Waals surface area contributed by atoms with E-state index in [1.807, 2.05) is 0 Å². The molecule has 0 saturated carbocycles. The zero-order chi connectivity index (χ0) is 15.1. The lowest BCUT2D eigenvalue weighted by Gasteiger charge is -2.24. The van der Waals surface area contributed by atoms with Gasteiger partial charge in [-0.1, -0.05) is 0 Å². The summed E-state index contributed by atoms with van der Waals surface area (Å²) in [7, 11) is -3.98. The van der Waals surface area contributed by atoms with E-state index < -0.39 is 37.9 Å². The molecule has 0 aromatic carbocycles. The Morgan fingerprint density at radius 2 is 1.74 bits per heavy atom. The van der Waals surface area contributed by atoms with Gasteiger partial charge in [0.25, 0.3) is 0 Å². The summed E-state index contributed by atoms with van der Waals surface area (Å²) in [4.78, 5) is 10.8. The molecule has 0 aromatic rings. The van der Waals surface area contributed by atoms with Crippen LogP contribution < -0.4 is 0 Å². The Balaban J connectivity index is 4.96. The molecule has 5 nitrogen and oxygen atoms in total. The summed E-state index contributed by atoms with van der Waals surface area (Å²) in [6, 6.07) is 0. The first-order valence-electron chi connectivity index (χ1n) is 5.38. The van der Waals surface area contributed by atoms with Crippen LogP contribution in [0.4, 0.5) is 13.2 Å². The first kappa shape index (κ1) is 18.7. The Morgan fingerprint density at radius 1 is 1.26 bits per heavy atom. The molecule has 0 amide bonds. The number of alkyl halides is 4. The molecule has 0 aromatic heterocycles. The van der Waals surface area contributed by atoms with Crippen molar-refractivity contribution < 1.29 is 36.3 Å². The van der Waals surface area contributed by atoms with Gasteiger partial charge in [0.1, 0.15) is 5.88 Å². The van der Waals surface area contributed by atoms with Gasteiger partial charge in [-0.25, -0.2) is 0 Å². The molecule has 0 aliphatic rings. The highest BCUT2D eigenvalue weighted by atomic mass is 35.5. The predicted molar refractivity (Wildman–Crippen MR) is 62.4 cm³/mol. The molecule has 0 aliphatic heterocycles. The van der Waals surface area contributed by atoms with Gasteiger partial charge >= 0.3 is 19.7 Å². The van der Waals surface area contributed by atoms with Gasteiger partial charge in [0, 0.05) is 0 Å². The fraction of sp³-hybridized carbons (Fsp3) is 0.889. The Kier molecular flexibility index (Phi) is 7.96. The summed E-state index contributed by atoms with van der Waals surface area (Å²) < 4.78 is 63.6. The molecule has 0 bridgehead atoms. The van der Waals surface area contributed by atoms with Crippen molar-refractivity contribution in [1.82, 2.24) is 0 Å². The minimum Gasteiger partial charge on any atom is -0.451 e. The fourth-order valence-electron chi connectivity index (χ4n) is 1.14. The lowest BCUT2D eigenvalue weighted by Crippen LogP contribution is -2.37. The average Bonchev–Trinajstić information content (AvgIpc) is 2.27. The quantitative estimate of drug-likeness (QED) is 0.390. The van der Waals surface area contributed by atoms with Crippen molar-refractivity contribution in [1.29, 1.82) is 0 Å². The molecular weight excluding hydrogens is 312 g/mol. The van der Waals surface area contributed by atoms with E-state index in [9.17, 15) is 22.5 Å². The van der Waals surface area contributed by atoms with Crippen molar-refractivity contribution in [3.8, 4) is 0 Å². The summed E-state index contributed by atoms with van der Waals surface area (Å²) in [5.74, 6) is -2.00. The summed E-state index contributed by atoms with van der Waals surface area (Å²) in [5, 5.41) is 0. The molecule has 0 spiro atoms. The third kappa shape index (κ3) is 7.15. The van der Waals surface area contributed by atoms with Crippen LogP contribution in [0.15, 0.2) is 0 Å². The van der Waals surface area contributed by atoms with Crippen LogP contribution in [0.25, 0.3) is 0 Å². The smallest absolute Gasteiger partial charge is 0.426 e. The molecule has 1 atom stereocenters. The molecule has 0 aliphatic carbocycles. The minimum atomic E-state index is -4.88. The van der Waals surface area contributed by atoms with E-state index in [0.717, 1.165) is 0 Å². The molecule has 1 unspecified atom stereocenters. The molecule has 0 saturated heterocycles. The van der Waals surface area contributed by atoms with E-state index in [1.54, 1.807) is 0 Å². The minimum absolute atomic E-state index is 0.0920. The van der Waals surface area contributed by atoms with Gasteiger partial charge in [-0.3, -0.25) is 9.36 Å². The monoisotopic (exact) mass is 326 g/mol. The highest BCUT2D eigenvalue weighted by Gasteiger charge is 2.47. The molecule has 0 rings (SSSR count). The van der Waals surface area contributed by atoms with Gasteiger partial charge in [-0.2, -0.15) is 13.2 Å². The summed E-state index contributed by atoms with van der Waals surface area (Å²) in [6.07, 6.45) is -8.56. The van der Waals surface area contributed by atoms with Gasteiger partial charge in [0.2, 0.25) is 6.10 Å². The zero-order valence-corrected chi connectivity index (χ0v) is 12.1. The molecular formula is C9H15ClF3O5P. The maximum Gasteiger partial charge on any atom is 0.426 e. The Bertz CT molecular complexity index is 326. The number of ether oxygens (including phenoxy) is 1. The number of hydrogen-bond donors (Lipinski definition) is 0. The maximum atomic E-state index is 12.7. The van der Waals surface area contributed by atoms with Crippen molar-refractivity contribution in [3.63, 3.8) is 0 Å². The summed E-state index contributed by atoms with van der Waals surface area (Å²) >= 11 is 5.07. The van der Waals surface area contributed by atoms with E-state index >= 15 is 0 Å². The third-order valence-corrected chi connectivity index (χ3v) is 4.09. The van der Waals surface area contributed by atoms with E-state index in [-0.39, 0.29) is 13.2 Å². The normalized spacial score (nSPS) is 14.2. The van der Waals surface area contributed by atoms with Crippen molar-refractivity contribution in [2.24, 2.45) is 0 Å². The molecule has 19 heavy (non-hydrogen) atoms. The molecule has 10 heteroatoms. The van der Waals surface area contributed by atoms with Crippen LogP contribution in [-0.2, 0) is 23.1 Å². The fourth-order valence-corrected chi connectivity index (χ4v) is 2.96. The predicted octanol–water partition coefficient (Wildman–Crippen LogP) is 2.97. The van der Waals surface area contributed by atoms with Gasteiger partial charge < -0.3 is 13.8 Å².